The number of rotatable bonds is 4. The minimum absolute atomic E-state index is 0.139. The highest BCUT2D eigenvalue weighted by Gasteiger charge is 2.33. The quantitative estimate of drug-likeness (QED) is 0.909. The Morgan fingerprint density at radius 3 is 2.76 bits per heavy atom. The molecule has 1 fully saturated rings. The van der Waals surface area contributed by atoms with Gasteiger partial charge < -0.3 is 5.32 Å². The van der Waals surface area contributed by atoms with Gasteiger partial charge in [0.15, 0.2) is 0 Å². The number of piperidine rings is 1. The topological polar surface area (TPSA) is 79.4 Å². The minimum Gasteiger partial charge on any atom is -0.326 e. The number of carbonyl (C=O) groups is 1. The first-order valence-electron chi connectivity index (χ1n) is 8.25. The Morgan fingerprint density at radius 1 is 1.24 bits per heavy atom. The Balaban J connectivity index is 1.73. The molecule has 0 saturated carbocycles. The van der Waals surface area contributed by atoms with Crippen molar-refractivity contribution in [3.05, 3.63) is 54.4 Å². The lowest BCUT2D eigenvalue weighted by atomic mass is 9.98. The van der Waals surface area contributed by atoms with E-state index in [2.05, 4.69) is 10.3 Å². The number of pyridine rings is 1. The maximum absolute atomic E-state index is 12.7. The molecule has 1 atom stereocenters. The Bertz CT molecular complexity index is 853. The molecule has 1 saturated heterocycles. The molecule has 25 heavy (non-hydrogen) atoms. The van der Waals surface area contributed by atoms with Crippen LogP contribution in [0.1, 0.15) is 18.4 Å². The molecule has 7 heteroatoms. The molecule has 1 aliphatic rings. The molecule has 1 unspecified atom stereocenters. The number of carbonyl (C=O) groups excluding carboxylic acids is 1. The summed E-state index contributed by atoms with van der Waals surface area (Å²) in [5.74, 6) is -0.500. The Hall–Kier alpha value is -2.25. The molecule has 3 rings (SSSR count). The van der Waals surface area contributed by atoms with Gasteiger partial charge in [0.2, 0.25) is 15.9 Å². The zero-order valence-electron chi connectivity index (χ0n) is 14.1. The lowest BCUT2D eigenvalue weighted by molar-refractivity contribution is -0.120. The van der Waals surface area contributed by atoms with Crippen LogP contribution in [-0.2, 0) is 14.8 Å². The lowest BCUT2D eigenvalue weighted by Crippen LogP contribution is -2.43. The van der Waals surface area contributed by atoms with Crippen LogP contribution in [0.5, 0.6) is 0 Å². The van der Waals surface area contributed by atoms with Gasteiger partial charge in [-0.3, -0.25) is 9.78 Å². The van der Waals surface area contributed by atoms with Crippen molar-refractivity contribution in [2.24, 2.45) is 5.92 Å². The molecule has 2 heterocycles. The van der Waals surface area contributed by atoms with E-state index >= 15 is 0 Å². The van der Waals surface area contributed by atoms with E-state index in [-0.39, 0.29) is 23.3 Å². The maximum atomic E-state index is 12.7. The molecule has 1 aliphatic heterocycles. The van der Waals surface area contributed by atoms with Crippen molar-refractivity contribution < 1.29 is 13.2 Å². The smallest absolute Gasteiger partial charge is 0.244 e. The van der Waals surface area contributed by atoms with Crippen molar-refractivity contribution >= 4 is 21.6 Å². The van der Waals surface area contributed by atoms with Crippen LogP contribution in [0.15, 0.2) is 53.7 Å². The summed E-state index contributed by atoms with van der Waals surface area (Å²) in [7, 11) is -3.62. The summed E-state index contributed by atoms with van der Waals surface area (Å²) in [6.45, 7) is 2.54. The number of amides is 1. The Labute approximate surface area is 147 Å². The van der Waals surface area contributed by atoms with E-state index in [1.54, 1.807) is 6.07 Å². The molecule has 1 amide bonds. The molecule has 132 valence electrons. The molecular formula is C18H21N3O3S. The largest absolute Gasteiger partial charge is 0.326 e. The van der Waals surface area contributed by atoms with Gasteiger partial charge in [-0.1, -0.05) is 18.2 Å². The number of nitrogens with one attached hydrogen (secondary N) is 1. The van der Waals surface area contributed by atoms with Crippen LogP contribution < -0.4 is 5.32 Å². The van der Waals surface area contributed by atoms with Gasteiger partial charge in [0.1, 0.15) is 4.90 Å². The van der Waals surface area contributed by atoms with Crippen LogP contribution in [0.3, 0.4) is 0 Å². The van der Waals surface area contributed by atoms with Crippen LogP contribution >= 0.6 is 0 Å². The normalized spacial score (nSPS) is 18.7. The van der Waals surface area contributed by atoms with E-state index in [4.69, 9.17) is 0 Å². The predicted octanol–water partition coefficient (Wildman–Crippen LogP) is 2.43. The number of aryl methyl sites for hydroxylation is 1. The zero-order chi connectivity index (χ0) is 17.9. The van der Waals surface area contributed by atoms with E-state index in [1.807, 2.05) is 31.2 Å². The number of para-hydroxylation sites is 1. The third kappa shape index (κ3) is 3.88. The maximum Gasteiger partial charge on any atom is 0.244 e. The van der Waals surface area contributed by atoms with Gasteiger partial charge in [0, 0.05) is 31.2 Å². The average Bonchev–Trinajstić information content (AvgIpc) is 2.64. The first kappa shape index (κ1) is 17.6. The van der Waals surface area contributed by atoms with E-state index in [0.717, 1.165) is 11.3 Å². The van der Waals surface area contributed by atoms with E-state index < -0.39 is 10.0 Å². The number of nitrogens with zero attached hydrogens (tertiary/aromatic N) is 2. The molecule has 1 N–H and O–H groups in total. The summed E-state index contributed by atoms with van der Waals surface area (Å²) in [5, 5.41) is 2.92. The number of hydrogen-bond donors (Lipinski definition) is 1. The van der Waals surface area contributed by atoms with Crippen molar-refractivity contribution in [3.8, 4) is 0 Å². The van der Waals surface area contributed by atoms with Crippen LogP contribution in [0.4, 0.5) is 5.69 Å². The number of benzene rings is 1. The van der Waals surface area contributed by atoms with Gasteiger partial charge >= 0.3 is 0 Å². The fraction of sp³-hybridized carbons (Fsp3) is 0.333. The summed E-state index contributed by atoms with van der Waals surface area (Å²) < 4.78 is 26.8. The van der Waals surface area contributed by atoms with Gasteiger partial charge in [0.05, 0.1) is 5.92 Å². The molecule has 6 nitrogen and oxygen atoms in total. The summed E-state index contributed by atoms with van der Waals surface area (Å²) in [6, 6.07) is 10.7. The second-order valence-corrected chi connectivity index (χ2v) is 8.13. The third-order valence-corrected chi connectivity index (χ3v) is 6.28. The summed E-state index contributed by atoms with van der Waals surface area (Å²) in [4.78, 5) is 16.6. The van der Waals surface area contributed by atoms with Gasteiger partial charge in [-0.25, -0.2) is 8.42 Å². The SMILES string of the molecule is Cc1ccccc1NC(=O)C1CCCN(S(=O)(=O)c2cccnc2)C1. The Kier molecular flexibility index (Phi) is 5.15. The summed E-state index contributed by atoms with van der Waals surface area (Å²) >= 11 is 0. The summed E-state index contributed by atoms with van der Waals surface area (Å²) in [6.07, 6.45) is 4.21. The van der Waals surface area contributed by atoms with Crippen molar-refractivity contribution in [3.63, 3.8) is 0 Å². The highest BCUT2D eigenvalue weighted by Crippen LogP contribution is 2.25. The standard InChI is InChI=1S/C18H21N3O3S/c1-14-6-2-3-9-17(14)20-18(22)15-7-5-11-21(13-15)25(23,24)16-8-4-10-19-12-16/h2-4,6,8-10,12,15H,5,7,11,13H2,1H3,(H,20,22). The van der Waals surface area contributed by atoms with Gasteiger partial charge in [-0.2, -0.15) is 4.31 Å². The zero-order valence-corrected chi connectivity index (χ0v) is 14.9. The molecular weight excluding hydrogens is 338 g/mol. The highest BCUT2D eigenvalue weighted by atomic mass is 32.2. The highest BCUT2D eigenvalue weighted by molar-refractivity contribution is 7.89. The minimum atomic E-state index is -3.62. The van der Waals surface area contributed by atoms with Crippen molar-refractivity contribution in [1.29, 1.82) is 0 Å². The first-order chi connectivity index (χ1) is 12.0. The van der Waals surface area contributed by atoms with Gasteiger partial charge in [0.25, 0.3) is 0 Å². The van der Waals surface area contributed by atoms with Gasteiger partial charge in [-0.15, -0.1) is 0 Å². The molecule has 2 aromatic rings. The molecule has 1 aromatic heterocycles. The van der Waals surface area contributed by atoms with Crippen molar-refractivity contribution in [2.45, 2.75) is 24.7 Å². The third-order valence-electron chi connectivity index (χ3n) is 4.43. The van der Waals surface area contributed by atoms with E-state index in [9.17, 15) is 13.2 Å². The molecule has 0 spiro atoms. The lowest BCUT2D eigenvalue weighted by Gasteiger charge is -2.31. The van der Waals surface area contributed by atoms with Crippen molar-refractivity contribution in [1.82, 2.24) is 9.29 Å². The number of aromatic nitrogens is 1. The molecule has 0 bridgehead atoms. The number of anilines is 1. The van der Waals surface area contributed by atoms with E-state index in [0.29, 0.717) is 19.4 Å². The first-order valence-corrected chi connectivity index (χ1v) is 9.69. The molecule has 0 radical (unpaired) electrons. The molecule has 1 aromatic carbocycles. The second-order valence-electron chi connectivity index (χ2n) is 6.20. The number of sulfonamides is 1. The summed E-state index contributed by atoms with van der Waals surface area (Å²) in [5.41, 5.74) is 1.74. The van der Waals surface area contributed by atoms with E-state index in [1.165, 1.54) is 22.8 Å². The average molecular weight is 359 g/mol. The molecule has 0 aliphatic carbocycles. The number of hydrogen-bond acceptors (Lipinski definition) is 4. The Morgan fingerprint density at radius 2 is 2.04 bits per heavy atom. The van der Waals surface area contributed by atoms with Crippen LogP contribution in [0.25, 0.3) is 0 Å². The van der Waals surface area contributed by atoms with Crippen LogP contribution in [-0.4, -0.2) is 36.7 Å². The van der Waals surface area contributed by atoms with Gasteiger partial charge in [-0.05, 0) is 43.5 Å². The fourth-order valence-electron chi connectivity index (χ4n) is 2.97. The fourth-order valence-corrected chi connectivity index (χ4v) is 4.46. The van der Waals surface area contributed by atoms with Crippen molar-refractivity contribution in [2.75, 3.05) is 18.4 Å². The predicted molar refractivity (Wildman–Crippen MR) is 95.5 cm³/mol. The second kappa shape index (κ2) is 7.33. The van der Waals surface area contributed by atoms with Crippen LogP contribution in [0.2, 0.25) is 0 Å². The monoisotopic (exact) mass is 359 g/mol. The van der Waals surface area contributed by atoms with Crippen LogP contribution in [0, 0.1) is 12.8 Å².